The van der Waals surface area contributed by atoms with Crippen molar-refractivity contribution in [3.05, 3.63) is 12.7 Å². The van der Waals surface area contributed by atoms with Crippen LogP contribution in [0.4, 0.5) is 0 Å². The summed E-state index contributed by atoms with van der Waals surface area (Å²) in [6, 6.07) is 0. The molecule has 0 amide bonds. The molecule has 0 radical (unpaired) electrons. The van der Waals surface area contributed by atoms with Crippen LogP contribution < -0.4 is 0 Å². The van der Waals surface area contributed by atoms with Crippen molar-refractivity contribution in [2.45, 2.75) is 39.5 Å². The molecule has 2 heteroatoms. The van der Waals surface area contributed by atoms with E-state index in [1.54, 1.807) is 6.08 Å². The van der Waals surface area contributed by atoms with Gasteiger partial charge in [0.05, 0.1) is 12.5 Å². The van der Waals surface area contributed by atoms with Crippen LogP contribution >= 0.6 is 0 Å². The third-order valence-electron chi connectivity index (χ3n) is 2.56. The zero-order chi connectivity index (χ0) is 10.3. The molecule has 1 atom stereocenters. The molecule has 0 aromatic carbocycles. The quantitative estimate of drug-likeness (QED) is 0.468. The van der Waals surface area contributed by atoms with Crippen LogP contribution in [-0.4, -0.2) is 13.1 Å². The molecular weight excluding hydrogens is 164 g/mol. The largest absolute Gasteiger partial charge is 0.469 e. The molecule has 0 aliphatic heterocycles. The Morgan fingerprint density at radius 1 is 1.54 bits per heavy atom. The molecule has 2 nitrogen and oxygen atoms in total. The van der Waals surface area contributed by atoms with Gasteiger partial charge in [0.15, 0.2) is 0 Å². The van der Waals surface area contributed by atoms with E-state index in [9.17, 15) is 4.79 Å². The summed E-state index contributed by atoms with van der Waals surface area (Å²) >= 11 is 0. The molecule has 0 aliphatic carbocycles. The molecule has 0 aromatic heterocycles. The Hall–Kier alpha value is -0.790. The molecule has 0 heterocycles. The number of hydrogen-bond donors (Lipinski definition) is 0. The summed E-state index contributed by atoms with van der Waals surface area (Å²) in [7, 11) is 1.45. The fourth-order valence-corrected chi connectivity index (χ4v) is 1.72. The average molecular weight is 184 g/mol. The maximum Gasteiger partial charge on any atom is 0.312 e. The first-order valence-corrected chi connectivity index (χ1v) is 4.86. The standard InChI is InChI=1S/C11H20O2/c1-5-8-11(7-3,9-6-2)10(12)13-4/h5H,1,6-9H2,2-4H3/t11-/m1/s1. The highest BCUT2D eigenvalue weighted by atomic mass is 16.5. The summed E-state index contributed by atoms with van der Waals surface area (Å²) in [5.74, 6) is -0.100. The average Bonchev–Trinajstić information content (AvgIpc) is 2.16. The number of methoxy groups -OCH3 is 1. The van der Waals surface area contributed by atoms with Crippen LogP contribution in [0.2, 0.25) is 0 Å². The summed E-state index contributed by atoms with van der Waals surface area (Å²) in [6.45, 7) is 7.79. The predicted molar refractivity (Wildman–Crippen MR) is 54.5 cm³/mol. The maximum atomic E-state index is 11.6. The molecule has 0 aromatic rings. The minimum atomic E-state index is -0.328. The normalized spacial score (nSPS) is 14.7. The van der Waals surface area contributed by atoms with Crippen molar-refractivity contribution in [3.63, 3.8) is 0 Å². The smallest absolute Gasteiger partial charge is 0.312 e. The molecule has 0 aliphatic rings. The van der Waals surface area contributed by atoms with Gasteiger partial charge in [-0.2, -0.15) is 0 Å². The Balaban J connectivity index is 4.61. The van der Waals surface area contributed by atoms with E-state index >= 15 is 0 Å². The van der Waals surface area contributed by atoms with Crippen LogP contribution in [-0.2, 0) is 9.53 Å². The topological polar surface area (TPSA) is 26.3 Å². The lowest BCUT2D eigenvalue weighted by Crippen LogP contribution is -2.31. The summed E-state index contributed by atoms with van der Waals surface area (Å²) in [6.07, 6.45) is 5.21. The molecule has 76 valence electrons. The second kappa shape index (κ2) is 5.79. The van der Waals surface area contributed by atoms with Gasteiger partial charge in [0, 0.05) is 0 Å². The van der Waals surface area contributed by atoms with E-state index in [-0.39, 0.29) is 11.4 Å². The van der Waals surface area contributed by atoms with Gasteiger partial charge in [-0.05, 0) is 19.3 Å². The summed E-state index contributed by atoms with van der Waals surface area (Å²) in [5.41, 5.74) is -0.328. The van der Waals surface area contributed by atoms with Gasteiger partial charge in [0.2, 0.25) is 0 Å². The SMILES string of the molecule is C=CC[C@](CC)(CCC)C(=O)OC. The number of hydrogen-bond acceptors (Lipinski definition) is 2. The summed E-state index contributed by atoms with van der Waals surface area (Å²) < 4.78 is 4.82. The Morgan fingerprint density at radius 3 is 2.46 bits per heavy atom. The van der Waals surface area contributed by atoms with Crippen molar-refractivity contribution < 1.29 is 9.53 Å². The van der Waals surface area contributed by atoms with Crippen LogP contribution in [0, 0.1) is 5.41 Å². The molecule has 13 heavy (non-hydrogen) atoms. The predicted octanol–water partition coefficient (Wildman–Crippen LogP) is 2.93. The van der Waals surface area contributed by atoms with Gasteiger partial charge in [-0.25, -0.2) is 0 Å². The van der Waals surface area contributed by atoms with Crippen LogP contribution in [0.1, 0.15) is 39.5 Å². The van der Waals surface area contributed by atoms with Crippen molar-refractivity contribution in [3.8, 4) is 0 Å². The van der Waals surface area contributed by atoms with Crippen molar-refractivity contribution in [1.82, 2.24) is 0 Å². The molecule has 0 bridgehead atoms. The molecule has 0 fully saturated rings. The van der Waals surface area contributed by atoms with E-state index in [1.165, 1.54) is 7.11 Å². The van der Waals surface area contributed by atoms with Gasteiger partial charge >= 0.3 is 5.97 Å². The monoisotopic (exact) mass is 184 g/mol. The van der Waals surface area contributed by atoms with E-state index in [2.05, 4.69) is 13.5 Å². The van der Waals surface area contributed by atoms with Crippen LogP contribution in [0.5, 0.6) is 0 Å². The summed E-state index contributed by atoms with van der Waals surface area (Å²) in [5, 5.41) is 0. The van der Waals surface area contributed by atoms with Crippen molar-refractivity contribution in [2.24, 2.45) is 5.41 Å². The lowest BCUT2D eigenvalue weighted by atomic mass is 9.78. The first kappa shape index (κ1) is 12.2. The molecule has 0 saturated carbocycles. The van der Waals surface area contributed by atoms with Crippen LogP contribution in [0.3, 0.4) is 0 Å². The zero-order valence-corrected chi connectivity index (χ0v) is 8.93. The number of carbonyl (C=O) groups excluding carboxylic acids is 1. The highest BCUT2D eigenvalue weighted by molar-refractivity contribution is 5.76. The second-order valence-corrected chi connectivity index (χ2v) is 3.37. The lowest BCUT2D eigenvalue weighted by molar-refractivity contribution is -0.153. The minimum Gasteiger partial charge on any atom is -0.469 e. The third kappa shape index (κ3) is 2.87. The van der Waals surface area contributed by atoms with E-state index in [4.69, 9.17) is 4.74 Å². The number of carbonyl (C=O) groups is 1. The van der Waals surface area contributed by atoms with Crippen molar-refractivity contribution in [2.75, 3.05) is 7.11 Å². The Labute approximate surface area is 81.0 Å². The van der Waals surface area contributed by atoms with E-state index < -0.39 is 0 Å². The van der Waals surface area contributed by atoms with E-state index in [0.717, 1.165) is 19.3 Å². The summed E-state index contributed by atoms with van der Waals surface area (Å²) in [4.78, 5) is 11.6. The maximum absolute atomic E-state index is 11.6. The first-order valence-electron chi connectivity index (χ1n) is 4.86. The highest BCUT2D eigenvalue weighted by Crippen LogP contribution is 2.33. The van der Waals surface area contributed by atoms with Gasteiger partial charge in [-0.1, -0.05) is 26.3 Å². The van der Waals surface area contributed by atoms with E-state index in [1.807, 2.05) is 6.92 Å². The third-order valence-corrected chi connectivity index (χ3v) is 2.56. The lowest BCUT2D eigenvalue weighted by Gasteiger charge is -2.28. The fraction of sp³-hybridized carbons (Fsp3) is 0.727. The number of rotatable bonds is 6. The van der Waals surface area contributed by atoms with Gasteiger partial charge in [0.1, 0.15) is 0 Å². The van der Waals surface area contributed by atoms with E-state index in [0.29, 0.717) is 6.42 Å². The molecule has 0 saturated heterocycles. The zero-order valence-electron chi connectivity index (χ0n) is 8.93. The second-order valence-electron chi connectivity index (χ2n) is 3.37. The number of allylic oxidation sites excluding steroid dienone is 1. The Kier molecular flexibility index (Phi) is 5.44. The Morgan fingerprint density at radius 2 is 2.15 bits per heavy atom. The number of ether oxygens (including phenoxy) is 1. The molecular formula is C11H20O2. The van der Waals surface area contributed by atoms with Crippen molar-refractivity contribution >= 4 is 5.97 Å². The van der Waals surface area contributed by atoms with Crippen molar-refractivity contribution in [1.29, 1.82) is 0 Å². The van der Waals surface area contributed by atoms with Crippen LogP contribution in [0.25, 0.3) is 0 Å². The molecule has 0 spiro atoms. The molecule has 0 unspecified atom stereocenters. The minimum absolute atomic E-state index is 0.100. The van der Waals surface area contributed by atoms with Gasteiger partial charge in [-0.3, -0.25) is 4.79 Å². The van der Waals surface area contributed by atoms with Gasteiger partial charge in [-0.15, -0.1) is 6.58 Å². The first-order chi connectivity index (χ1) is 6.16. The van der Waals surface area contributed by atoms with Crippen LogP contribution in [0.15, 0.2) is 12.7 Å². The highest BCUT2D eigenvalue weighted by Gasteiger charge is 2.35. The number of esters is 1. The molecule has 0 N–H and O–H groups in total. The van der Waals surface area contributed by atoms with Gasteiger partial charge < -0.3 is 4.74 Å². The fourth-order valence-electron chi connectivity index (χ4n) is 1.72. The van der Waals surface area contributed by atoms with Gasteiger partial charge in [0.25, 0.3) is 0 Å². The molecule has 0 rings (SSSR count). The Bertz CT molecular complexity index is 175.